The molecule has 0 saturated heterocycles. The standard InChI is InChI=1S/C15H27NO10.C13H22O10/c17-5-4-16-15(9-24-6-1-12(18)19,10-25-7-2-13(20)21)11-26-8-3-14(22)23;14-10(15)1-4-21-7-13(20,8-22-5-2-11(16)17)9-23-6-3-12(18)19/h16-17H,1-11H2,(H,18,19)(H,20,21)(H,22,23);20H,1-9H2,(H,14,15)(H,16,17)(H,18,19). The molecule has 0 aromatic carbocycles. The van der Waals surface area contributed by atoms with Crippen LogP contribution in [0.25, 0.3) is 0 Å². The van der Waals surface area contributed by atoms with Crippen LogP contribution in [-0.2, 0) is 57.2 Å². The third-order valence-corrected chi connectivity index (χ3v) is 5.62. The Bertz CT molecular complexity index is 850. The molecular weight excluding hydrogens is 670 g/mol. The maximum Gasteiger partial charge on any atom is 0.305 e. The molecule has 0 aliphatic rings. The van der Waals surface area contributed by atoms with E-state index in [9.17, 15) is 33.9 Å². The van der Waals surface area contributed by atoms with Gasteiger partial charge in [-0.25, -0.2) is 0 Å². The van der Waals surface area contributed by atoms with Crippen molar-refractivity contribution in [3.8, 4) is 0 Å². The van der Waals surface area contributed by atoms with Crippen molar-refractivity contribution >= 4 is 35.8 Å². The van der Waals surface area contributed by atoms with E-state index in [-0.39, 0.29) is 131 Å². The van der Waals surface area contributed by atoms with Crippen LogP contribution in [-0.4, -0.2) is 180 Å². The topological polar surface area (TPSA) is 332 Å². The molecule has 286 valence electrons. The lowest BCUT2D eigenvalue weighted by Crippen LogP contribution is -2.57. The molecule has 0 rings (SSSR count). The van der Waals surface area contributed by atoms with E-state index in [4.69, 9.17) is 64.2 Å². The summed E-state index contributed by atoms with van der Waals surface area (Å²) >= 11 is 0. The minimum absolute atomic E-state index is 0.0274. The first-order valence-electron chi connectivity index (χ1n) is 14.9. The molecule has 0 aliphatic heterocycles. The molecule has 0 amide bonds. The molecule has 0 atom stereocenters. The summed E-state index contributed by atoms with van der Waals surface area (Å²) in [5.41, 5.74) is -2.62. The Morgan fingerprint density at radius 3 is 0.857 bits per heavy atom. The molecule has 0 aromatic rings. The zero-order valence-electron chi connectivity index (χ0n) is 27.1. The fraction of sp³-hybridized carbons (Fsp3) is 0.786. The zero-order valence-corrected chi connectivity index (χ0v) is 27.1. The Morgan fingerprint density at radius 1 is 0.429 bits per heavy atom. The maximum atomic E-state index is 10.6. The third-order valence-electron chi connectivity index (χ3n) is 5.62. The molecule has 0 spiro atoms. The first-order chi connectivity index (χ1) is 23.1. The van der Waals surface area contributed by atoms with Crippen molar-refractivity contribution in [2.24, 2.45) is 0 Å². The number of aliphatic carboxylic acids is 6. The molecule has 49 heavy (non-hydrogen) atoms. The SMILES string of the molecule is O=C(O)CCOCC(COCCC(=O)O)(COCCC(=O)O)NCCO.O=C(O)CCOCC(O)(COCCC(=O)O)COCCC(=O)O. The summed E-state index contributed by atoms with van der Waals surface area (Å²) < 4.78 is 31.2. The molecule has 0 heterocycles. The van der Waals surface area contributed by atoms with Crippen LogP contribution in [0.1, 0.15) is 38.5 Å². The molecule has 0 aromatic heterocycles. The van der Waals surface area contributed by atoms with E-state index in [1.54, 1.807) is 0 Å². The smallest absolute Gasteiger partial charge is 0.305 e. The first kappa shape index (κ1) is 47.6. The number of hydrogen-bond acceptors (Lipinski definition) is 15. The minimum Gasteiger partial charge on any atom is -0.481 e. The van der Waals surface area contributed by atoms with Gasteiger partial charge < -0.3 is 74.6 Å². The van der Waals surface area contributed by atoms with Gasteiger partial charge in [0.2, 0.25) is 0 Å². The highest BCUT2D eigenvalue weighted by Gasteiger charge is 2.32. The Hall–Kier alpha value is -3.54. The quantitative estimate of drug-likeness (QED) is 0.0330. The number of aliphatic hydroxyl groups is 2. The van der Waals surface area contributed by atoms with Crippen LogP contribution in [0, 0.1) is 0 Å². The van der Waals surface area contributed by atoms with Gasteiger partial charge in [-0.15, -0.1) is 0 Å². The molecule has 21 nitrogen and oxygen atoms in total. The Labute approximate surface area is 281 Å². The minimum atomic E-state index is -1.63. The fourth-order valence-corrected chi connectivity index (χ4v) is 3.27. The molecule has 0 unspecified atom stereocenters. The molecule has 21 heteroatoms. The first-order valence-corrected chi connectivity index (χ1v) is 14.9. The summed E-state index contributed by atoms with van der Waals surface area (Å²) in [5.74, 6) is -6.21. The van der Waals surface area contributed by atoms with Crippen molar-refractivity contribution in [2.75, 3.05) is 92.4 Å². The van der Waals surface area contributed by atoms with E-state index in [2.05, 4.69) is 5.32 Å². The van der Waals surface area contributed by atoms with Crippen molar-refractivity contribution in [3.05, 3.63) is 0 Å². The Morgan fingerprint density at radius 2 is 0.653 bits per heavy atom. The highest BCUT2D eigenvalue weighted by atomic mass is 16.5. The van der Waals surface area contributed by atoms with Gasteiger partial charge in [0.15, 0.2) is 0 Å². The molecule has 0 saturated carbocycles. The van der Waals surface area contributed by atoms with Gasteiger partial charge in [-0.1, -0.05) is 0 Å². The van der Waals surface area contributed by atoms with Gasteiger partial charge in [0, 0.05) is 6.54 Å². The predicted octanol–water partition coefficient (Wildman–Crippen LogP) is -2.03. The zero-order chi connectivity index (χ0) is 37.6. The largest absolute Gasteiger partial charge is 0.481 e. The predicted molar refractivity (Wildman–Crippen MR) is 161 cm³/mol. The van der Waals surface area contributed by atoms with Crippen LogP contribution < -0.4 is 5.32 Å². The number of nitrogens with one attached hydrogen (secondary N) is 1. The second-order valence-corrected chi connectivity index (χ2v) is 10.3. The summed E-state index contributed by atoms with van der Waals surface area (Å²) in [7, 11) is 0. The van der Waals surface area contributed by atoms with Crippen LogP contribution in [0.3, 0.4) is 0 Å². The molecule has 9 N–H and O–H groups in total. The van der Waals surface area contributed by atoms with E-state index in [1.165, 1.54) is 0 Å². The van der Waals surface area contributed by atoms with E-state index < -0.39 is 47.0 Å². The van der Waals surface area contributed by atoms with Crippen LogP contribution in [0.4, 0.5) is 0 Å². The number of carbonyl (C=O) groups is 6. The normalized spacial score (nSPS) is 11.4. The lowest BCUT2D eigenvalue weighted by Gasteiger charge is -2.34. The average molecular weight is 720 g/mol. The van der Waals surface area contributed by atoms with Crippen LogP contribution in [0.2, 0.25) is 0 Å². The number of rotatable bonds is 33. The number of ether oxygens (including phenoxy) is 6. The molecule has 0 bridgehead atoms. The number of carboxylic acid groups (broad SMARTS) is 6. The summed E-state index contributed by atoms with van der Waals surface area (Å²) in [5, 5.41) is 73.7. The monoisotopic (exact) mass is 719 g/mol. The van der Waals surface area contributed by atoms with Gasteiger partial charge in [-0.3, -0.25) is 28.8 Å². The van der Waals surface area contributed by atoms with Crippen LogP contribution >= 0.6 is 0 Å². The second-order valence-electron chi connectivity index (χ2n) is 10.3. The fourth-order valence-electron chi connectivity index (χ4n) is 3.27. The average Bonchev–Trinajstić information content (AvgIpc) is 3.01. The number of hydrogen-bond donors (Lipinski definition) is 9. The molecule has 0 radical (unpaired) electrons. The summed E-state index contributed by atoms with van der Waals surface area (Å²) in [4.78, 5) is 62.8. The van der Waals surface area contributed by atoms with E-state index in [0.29, 0.717) is 0 Å². The van der Waals surface area contributed by atoms with Gasteiger partial charge in [-0.05, 0) is 0 Å². The van der Waals surface area contributed by atoms with Crippen molar-refractivity contribution < 1.29 is 98.0 Å². The van der Waals surface area contributed by atoms with E-state index in [0.717, 1.165) is 0 Å². The van der Waals surface area contributed by atoms with Gasteiger partial charge in [0.05, 0.1) is 130 Å². The lowest BCUT2D eigenvalue weighted by atomic mass is 10.0. The highest BCUT2D eigenvalue weighted by Crippen LogP contribution is 2.11. The maximum absolute atomic E-state index is 10.6. The van der Waals surface area contributed by atoms with Gasteiger partial charge in [0.25, 0.3) is 0 Å². The van der Waals surface area contributed by atoms with Crippen molar-refractivity contribution in [1.82, 2.24) is 5.32 Å². The Kier molecular flexibility index (Phi) is 28.5. The molecule has 0 aliphatic carbocycles. The molecular formula is C28H49NO20. The lowest BCUT2D eigenvalue weighted by molar-refractivity contribution is -0.149. The second kappa shape index (κ2) is 29.4. The summed E-state index contributed by atoms with van der Waals surface area (Å²) in [6.07, 6.45) is -1.32. The number of aliphatic hydroxyl groups excluding tert-OH is 1. The van der Waals surface area contributed by atoms with Gasteiger partial charge >= 0.3 is 35.8 Å². The van der Waals surface area contributed by atoms with Gasteiger partial charge in [0.1, 0.15) is 5.60 Å². The van der Waals surface area contributed by atoms with Crippen molar-refractivity contribution in [1.29, 1.82) is 0 Å². The number of carboxylic acids is 6. The van der Waals surface area contributed by atoms with E-state index >= 15 is 0 Å². The Balaban J connectivity index is 0. The third kappa shape index (κ3) is 32.8. The van der Waals surface area contributed by atoms with Crippen LogP contribution in [0.15, 0.2) is 0 Å². The summed E-state index contributed by atoms with van der Waals surface area (Å²) in [6, 6.07) is 0. The number of β-amino-alcohol motifs (C(OH)–C–C–N with tert-alkyl or cyclic N) is 1. The van der Waals surface area contributed by atoms with Gasteiger partial charge in [-0.2, -0.15) is 0 Å². The van der Waals surface area contributed by atoms with Crippen LogP contribution in [0.5, 0.6) is 0 Å². The van der Waals surface area contributed by atoms with Crippen molar-refractivity contribution in [2.45, 2.75) is 49.7 Å². The summed E-state index contributed by atoms with van der Waals surface area (Å²) in [6.45, 7) is -1.52. The van der Waals surface area contributed by atoms with E-state index in [1.807, 2.05) is 0 Å². The van der Waals surface area contributed by atoms with Crippen molar-refractivity contribution in [3.63, 3.8) is 0 Å². The molecule has 0 fully saturated rings. The highest BCUT2D eigenvalue weighted by molar-refractivity contribution is 5.68.